The highest BCUT2D eigenvalue weighted by Crippen LogP contribution is 2.32. The minimum absolute atomic E-state index is 0.00299. The normalized spacial score (nSPS) is 13.7. The zero-order chi connectivity index (χ0) is 19.4. The van der Waals surface area contributed by atoms with Gasteiger partial charge in [0.1, 0.15) is 23.6 Å². The predicted octanol–water partition coefficient (Wildman–Crippen LogP) is 4.04. The van der Waals surface area contributed by atoms with E-state index in [-0.39, 0.29) is 17.3 Å². The van der Waals surface area contributed by atoms with Crippen molar-refractivity contribution in [3.8, 4) is 12.1 Å². The molecule has 1 aromatic heterocycles. The molecule has 27 heavy (non-hydrogen) atoms. The van der Waals surface area contributed by atoms with Crippen LogP contribution in [0.25, 0.3) is 0 Å². The van der Waals surface area contributed by atoms with Gasteiger partial charge in [0.25, 0.3) is 6.43 Å². The molecule has 1 aliphatic rings. The molecule has 1 aliphatic heterocycles. The minimum Gasteiger partial charge on any atom is -0.357 e. The summed E-state index contributed by atoms with van der Waals surface area (Å²) in [6.07, 6.45) is -1.86. The van der Waals surface area contributed by atoms with Crippen LogP contribution >= 0.6 is 11.6 Å². The van der Waals surface area contributed by atoms with Gasteiger partial charge in [-0.25, -0.2) is 13.8 Å². The Morgan fingerprint density at radius 1 is 1.22 bits per heavy atom. The molecule has 0 unspecified atom stereocenters. The molecule has 0 aliphatic carbocycles. The summed E-state index contributed by atoms with van der Waals surface area (Å²) in [5.74, 6) is 0.508. The second kappa shape index (κ2) is 8.30. The SMILES string of the molecule is N#CCNc1nc(Cl)c(C#N)c2c1CN(Cc1ccc(C(F)F)cc1)CC2. The summed E-state index contributed by atoms with van der Waals surface area (Å²) >= 11 is 6.12. The van der Waals surface area contributed by atoms with Crippen molar-refractivity contribution in [1.29, 1.82) is 10.5 Å². The number of nitrogens with one attached hydrogen (secondary N) is 1. The first-order chi connectivity index (χ1) is 13.0. The van der Waals surface area contributed by atoms with Crippen LogP contribution in [0.2, 0.25) is 5.15 Å². The number of nitriles is 2. The second-order valence-electron chi connectivity index (χ2n) is 6.21. The van der Waals surface area contributed by atoms with Crippen molar-refractivity contribution in [2.75, 3.05) is 18.4 Å². The number of rotatable bonds is 5. The fraction of sp³-hybridized carbons (Fsp3) is 0.316. The molecular weight excluding hydrogens is 372 g/mol. The third kappa shape index (κ3) is 4.16. The minimum atomic E-state index is -2.48. The molecule has 0 spiro atoms. The van der Waals surface area contributed by atoms with Gasteiger partial charge in [-0.1, -0.05) is 35.9 Å². The average Bonchev–Trinajstić information content (AvgIpc) is 2.67. The van der Waals surface area contributed by atoms with Crippen LogP contribution in [0.1, 0.15) is 34.2 Å². The third-order valence-corrected chi connectivity index (χ3v) is 4.79. The van der Waals surface area contributed by atoms with E-state index in [9.17, 15) is 14.0 Å². The van der Waals surface area contributed by atoms with Crippen LogP contribution in [-0.2, 0) is 19.5 Å². The standard InChI is InChI=1S/C19H16ClF2N5/c20-17-15(9-24)14-5-8-27(11-16(14)19(26-17)25-7-6-23)10-12-1-3-13(4-2-12)18(21)22/h1-4,18H,5,7-8,10-11H2,(H,25,26). The molecule has 1 aromatic carbocycles. The van der Waals surface area contributed by atoms with Gasteiger partial charge in [-0.15, -0.1) is 0 Å². The van der Waals surface area contributed by atoms with Crippen molar-refractivity contribution < 1.29 is 8.78 Å². The monoisotopic (exact) mass is 387 g/mol. The number of hydrogen-bond donors (Lipinski definition) is 1. The first-order valence-corrected chi connectivity index (χ1v) is 8.72. The average molecular weight is 388 g/mol. The maximum Gasteiger partial charge on any atom is 0.263 e. The largest absolute Gasteiger partial charge is 0.357 e. The number of alkyl halides is 2. The summed E-state index contributed by atoms with van der Waals surface area (Å²) in [4.78, 5) is 6.38. The highest BCUT2D eigenvalue weighted by molar-refractivity contribution is 6.30. The fourth-order valence-corrected chi connectivity index (χ4v) is 3.44. The van der Waals surface area contributed by atoms with Crippen LogP contribution in [0.3, 0.4) is 0 Å². The van der Waals surface area contributed by atoms with Crippen molar-refractivity contribution in [1.82, 2.24) is 9.88 Å². The van der Waals surface area contributed by atoms with E-state index in [1.807, 2.05) is 6.07 Å². The van der Waals surface area contributed by atoms with Gasteiger partial charge in [0.15, 0.2) is 0 Å². The van der Waals surface area contributed by atoms with Crippen molar-refractivity contribution in [2.24, 2.45) is 0 Å². The van der Waals surface area contributed by atoms with Gasteiger partial charge in [-0.2, -0.15) is 10.5 Å². The van der Waals surface area contributed by atoms with Gasteiger partial charge in [-0.3, -0.25) is 4.90 Å². The van der Waals surface area contributed by atoms with E-state index in [1.54, 1.807) is 12.1 Å². The van der Waals surface area contributed by atoms with Gasteiger partial charge < -0.3 is 5.32 Å². The number of benzene rings is 1. The van der Waals surface area contributed by atoms with Crippen molar-refractivity contribution >= 4 is 17.4 Å². The lowest BCUT2D eigenvalue weighted by atomic mass is 9.96. The number of anilines is 1. The summed E-state index contributed by atoms with van der Waals surface area (Å²) < 4.78 is 25.4. The summed E-state index contributed by atoms with van der Waals surface area (Å²) in [7, 11) is 0. The van der Waals surface area contributed by atoms with Crippen LogP contribution in [0.4, 0.5) is 14.6 Å². The van der Waals surface area contributed by atoms with Crippen LogP contribution in [0.15, 0.2) is 24.3 Å². The highest BCUT2D eigenvalue weighted by Gasteiger charge is 2.25. The van der Waals surface area contributed by atoms with Crippen LogP contribution < -0.4 is 5.32 Å². The third-order valence-electron chi connectivity index (χ3n) is 4.51. The molecule has 138 valence electrons. The quantitative estimate of drug-likeness (QED) is 0.619. The Morgan fingerprint density at radius 3 is 2.59 bits per heavy atom. The number of hydrogen-bond acceptors (Lipinski definition) is 5. The fourth-order valence-electron chi connectivity index (χ4n) is 3.20. The van der Waals surface area contributed by atoms with E-state index in [2.05, 4.69) is 21.3 Å². The first kappa shape index (κ1) is 19.0. The molecule has 1 N–H and O–H groups in total. The molecule has 8 heteroatoms. The summed E-state index contributed by atoms with van der Waals surface area (Å²) in [5.41, 5.74) is 3.00. The highest BCUT2D eigenvalue weighted by atomic mass is 35.5. The van der Waals surface area contributed by atoms with Crippen LogP contribution in [0, 0.1) is 22.7 Å². The van der Waals surface area contributed by atoms with E-state index < -0.39 is 6.43 Å². The van der Waals surface area contributed by atoms with Gasteiger partial charge in [-0.05, 0) is 17.5 Å². The van der Waals surface area contributed by atoms with Gasteiger partial charge in [0.05, 0.1) is 11.6 Å². The van der Waals surface area contributed by atoms with E-state index in [0.717, 1.165) is 16.7 Å². The lowest BCUT2D eigenvalue weighted by Crippen LogP contribution is -2.31. The molecule has 3 rings (SSSR count). The Balaban J connectivity index is 1.84. The molecule has 0 amide bonds. The molecule has 2 aromatic rings. The maximum absolute atomic E-state index is 12.7. The molecular formula is C19H16ClF2N5. The molecule has 2 heterocycles. The smallest absolute Gasteiger partial charge is 0.263 e. The molecule has 0 saturated heterocycles. The predicted molar refractivity (Wildman–Crippen MR) is 97.3 cm³/mol. The first-order valence-electron chi connectivity index (χ1n) is 8.35. The number of fused-ring (bicyclic) bond motifs is 1. The molecule has 5 nitrogen and oxygen atoms in total. The Kier molecular flexibility index (Phi) is 5.85. The van der Waals surface area contributed by atoms with Gasteiger partial charge in [0.2, 0.25) is 0 Å². The molecule has 0 radical (unpaired) electrons. The Morgan fingerprint density at radius 2 is 1.96 bits per heavy atom. The summed E-state index contributed by atoms with van der Waals surface area (Å²) in [6, 6.07) is 10.4. The maximum atomic E-state index is 12.7. The lowest BCUT2D eigenvalue weighted by Gasteiger charge is -2.30. The Hall–Kier alpha value is -2.74. The Labute approximate surface area is 160 Å². The number of nitrogens with zero attached hydrogens (tertiary/aromatic N) is 4. The molecule has 0 atom stereocenters. The van der Waals surface area contributed by atoms with Crippen LogP contribution in [0.5, 0.6) is 0 Å². The molecule has 0 bridgehead atoms. The Bertz CT molecular complexity index is 916. The summed E-state index contributed by atoms with van der Waals surface area (Å²) in [5, 5.41) is 21.3. The second-order valence-corrected chi connectivity index (χ2v) is 6.57. The number of halogens is 3. The lowest BCUT2D eigenvalue weighted by molar-refractivity contribution is 0.151. The van der Waals surface area contributed by atoms with Gasteiger partial charge in [0, 0.05) is 30.8 Å². The van der Waals surface area contributed by atoms with Gasteiger partial charge >= 0.3 is 0 Å². The topological polar surface area (TPSA) is 75.7 Å². The zero-order valence-electron chi connectivity index (χ0n) is 14.3. The molecule has 0 saturated carbocycles. The van der Waals surface area contributed by atoms with Crippen molar-refractivity contribution in [3.05, 3.63) is 57.2 Å². The van der Waals surface area contributed by atoms with E-state index >= 15 is 0 Å². The van der Waals surface area contributed by atoms with Crippen molar-refractivity contribution in [2.45, 2.75) is 25.9 Å². The van der Waals surface area contributed by atoms with Crippen LogP contribution in [-0.4, -0.2) is 23.0 Å². The van der Waals surface area contributed by atoms with E-state index in [1.165, 1.54) is 12.1 Å². The van der Waals surface area contributed by atoms with E-state index in [0.29, 0.717) is 37.4 Å². The zero-order valence-corrected chi connectivity index (χ0v) is 15.1. The summed E-state index contributed by atoms with van der Waals surface area (Å²) in [6.45, 7) is 1.90. The number of pyridine rings is 1. The molecule has 0 fully saturated rings. The number of aromatic nitrogens is 1. The van der Waals surface area contributed by atoms with E-state index in [4.69, 9.17) is 16.9 Å². The van der Waals surface area contributed by atoms with Crippen molar-refractivity contribution in [3.63, 3.8) is 0 Å².